The van der Waals surface area contributed by atoms with Crippen molar-refractivity contribution in [2.75, 3.05) is 14.2 Å². The summed E-state index contributed by atoms with van der Waals surface area (Å²) in [6.07, 6.45) is -0.839. The minimum Gasteiger partial charge on any atom is -0.467 e. The molecule has 0 spiro atoms. The molecule has 1 N–H and O–H groups in total. The minimum atomic E-state index is -1.15. The van der Waals surface area contributed by atoms with Gasteiger partial charge in [-0.15, -0.1) is 0 Å². The second-order valence-electron chi connectivity index (χ2n) is 6.32. The highest BCUT2D eigenvalue weighted by molar-refractivity contribution is 5.83. The van der Waals surface area contributed by atoms with Crippen molar-refractivity contribution in [3.63, 3.8) is 0 Å². The van der Waals surface area contributed by atoms with Gasteiger partial charge in [0.25, 0.3) is 5.91 Å². The molecule has 10 nitrogen and oxygen atoms in total. The highest BCUT2D eigenvalue weighted by Crippen LogP contribution is 2.10. The standard InChI is InChI=1S/C16H26N2O8/c1-16(2,3)25-13(21)9-8-11(14(22)24-5)17-15(23)26-18(4)12(20)7-6-10-19/h10-11H,6-9H2,1-5H3,(H,17,23). The van der Waals surface area contributed by atoms with Crippen molar-refractivity contribution in [3.05, 3.63) is 0 Å². The van der Waals surface area contributed by atoms with Gasteiger partial charge in [0.1, 0.15) is 17.9 Å². The summed E-state index contributed by atoms with van der Waals surface area (Å²) in [6, 6.07) is -1.15. The van der Waals surface area contributed by atoms with Gasteiger partial charge >= 0.3 is 18.0 Å². The maximum atomic E-state index is 11.8. The van der Waals surface area contributed by atoms with Crippen LogP contribution >= 0.6 is 0 Å². The zero-order valence-electron chi connectivity index (χ0n) is 15.7. The molecule has 0 saturated heterocycles. The number of carbonyl (C=O) groups is 5. The number of hydrogen-bond donors (Lipinski definition) is 1. The lowest BCUT2D eigenvalue weighted by Gasteiger charge is -2.21. The first-order valence-electron chi connectivity index (χ1n) is 7.98. The van der Waals surface area contributed by atoms with E-state index in [9.17, 15) is 24.0 Å². The largest absolute Gasteiger partial charge is 0.467 e. The predicted molar refractivity (Wildman–Crippen MR) is 88.6 cm³/mol. The van der Waals surface area contributed by atoms with Gasteiger partial charge in [0, 0.05) is 26.3 Å². The van der Waals surface area contributed by atoms with E-state index >= 15 is 0 Å². The molecule has 2 amide bonds. The number of nitrogens with zero attached hydrogens (tertiary/aromatic N) is 1. The van der Waals surface area contributed by atoms with E-state index in [4.69, 9.17) is 9.57 Å². The van der Waals surface area contributed by atoms with Crippen molar-refractivity contribution in [2.24, 2.45) is 0 Å². The van der Waals surface area contributed by atoms with Crippen molar-refractivity contribution in [2.45, 2.75) is 58.1 Å². The first kappa shape index (κ1) is 23.4. The zero-order chi connectivity index (χ0) is 20.3. The molecule has 0 aliphatic carbocycles. The van der Waals surface area contributed by atoms with Crippen LogP contribution in [0.4, 0.5) is 4.79 Å². The molecule has 1 unspecified atom stereocenters. The van der Waals surface area contributed by atoms with Crippen LogP contribution in [0.25, 0.3) is 0 Å². The fraction of sp³-hybridized carbons (Fsp3) is 0.688. The third-order valence-electron chi connectivity index (χ3n) is 2.88. The Morgan fingerprint density at radius 2 is 1.77 bits per heavy atom. The van der Waals surface area contributed by atoms with Crippen LogP contribution in [-0.2, 0) is 33.5 Å². The lowest BCUT2D eigenvalue weighted by Crippen LogP contribution is -2.44. The van der Waals surface area contributed by atoms with Crippen LogP contribution in [0.2, 0.25) is 0 Å². The van der Waals surface area contributed by atoms with Gasteiger partial charge in [-0.2, -0.15) is 5.06 Å². The molecule has 1 atom stereocenters. The van der Waals surface area contributed by atoms with Gasteiger partial charge in [-0.1, -0.05) is 0 Å². The molecule has 10 heteroatoms. The van der Waals surface area contributed by atoms with Crippen molar-refractivity contribution in [3.8, 4) is 0 Å². The second-order valence-corrected chi connectivity index (χ2v) is 6.32. The number of methoxy groups -OCH3 is 1. The van der Waals surface area contributed by atoms with Gasteiger partial charge in [0.05, 0.1) is 7.11 Å². The second kappa shape index (κ2) is 11.1. The van der Waals surface area contributed by atoms with E-state index < -0.39 is 35.6 Å². The Kier molecular flexibility index (Phi) is 9.93. The van der Waals surface area contributed by atoms with Crippen LogP contribution in [0.15, 0.2) is 0 Å². The molecule has 0 rings (SSSR count). The van der Waals surface area contributed by atoms with Crippen LogP contribution < -0.4 is 5.32 Å². The Morgan fingerprint density at radius 3 is 2.27 bits per heavy atom. The van der Waals surface area contributed by atoms with E-state index in [1.807, 2.05) is 0 Å². The third kappa shape index (κ3) is 10.3. The van der Waals surface area contributed by atoms with Crippen LogP contribution in [0, 0.1) is 0 Å². The average Bonchev–Trinajstić information content (AvgIpc) is 2.53. The molecule has 0 fully saturated rings. The van der Waals surface area contributed by atoms with Crippen LogP contribution in [-0.4, -0.2) is 61.1 Å². The Bertz CT molecular complexity index is 527. The quantitative estimate of drug-likeness (QED) is 0.374. The van der Waals surface area contributed by atoms with E-state index in [1.54, 1.807) is 20.8 Å². The molecule has 0 radical (unpaired) electrons. The van der Waals surface area contributed by atoms with Crippen molar-refractivity contribution in [1.29, 1.82) is 0 Å². The molecule has 0 saturated carbocycles. The monoisotopic (exact) mass is 374 g/mol. The summed E-state index contributed by atoms with van der Waals surface area (Å²) in [7, 11) is 2.32. The van der Waals surface area contributed by atoms with Crippen LogP contribution in [0.3, 0.4) is 0 Å². The number of carbonyl (C=O) groups excluding carboxylic acids is 5. The van der Waals surface area contributed by atoms with Crippen molar-refractivity contribution < 1.29 is 38.3 Å². The number of aldehydes is 1. The zero-order valence-corrected chi connectivity index (χ0v) is 15.7. The number of ether oxygens (including phenoxy) is 2. The Labute approximate surface area is 152 Å². The smallest absolute Gasteiger partial charge is 0.432 e. The topological polar surface area (TPSA) is 128 Å². The highest BCUT2D eigenvalue weighted by atomic mass is 16.7. The Hall–Kier alpha value is -2.65. The number of hydrogen-bond acceptors (Lipinski definition) is 8. The minimum absolute atomic E-state index is 0.00513. The number of amides is 2. The molecule has 0 aliphatic heterocycles. The summed E-state index contributed by atoms with van der Waals surface area (Å²) < 4.78 is 9.69. The van der Waals surface area contributed by atoms with Gasteiger partial charge in [-0.3, -0.25) is 9.59 Å². The summed E-state index contributed by atoms with van der Waals surface area (Å²) in [6.45, 7) is 5.11. The fourth-order valence-electron chi connectivity index (χ4n) is 1.73. The fourth-order valence-corrected chi connectivity index (χ4v) is 1.73. The molecule has 0 aromatic heterocycles. The molecule has 0 aromatic carbocycles. The SMILES string of the molecule is COC(=O)C(CCC(=O)OC(C)(C)C)NC(=O)ON(C)C(=O)CCC=O. The third-order valence-corrected chi connectivity index (χ3v) is 2.88. The summed E-state index contributed by atoms with van der Waals surface area (Å²) in [5.74, 6) is -1.90. The normalized spacial score (nSPS) is 11.7. The van der Waals surface area contributed by atoms with E-state index in [0.717, 1.165) is 7.11 Å². The van der Waals surface area contributed by atoms with Crippen molar-refractivity contribution >= 4 is 30.2 Å². The van der Waals surface area contributed by atoms with Crippen LogP contribution in [0.1, 0.15) is 46.5 Å². The first-order valence-corrected chi connectivity index (χ1v) is 7.98. The summed E-state index contributed by atoms with van der Waals surface area (Å²) in [5.41, 5.74) is -0.672. The van der Waals surface area contributed by atoms with E-state index in [2.05, 4.69) is 10.1 Å². The molecular formula is C16H26N2O8. The van der Waals surface area contributed by atoms with Crippen molar-refractivity contribution in [1.82, 2.24) is 10.4 Å². The van der Waals surface area contributed by atoms with Gasteiger partial charge in [-0.25, -0.2) is 9.59 Å². The van der Waals surface area contributed by atoms with E-state index in [-0.39, 0.29) is 25.7 Å². The Morgan fingerprint density at radius 1 is 1.15 bits per heavy atom. The van der Waals surface area contributed by atoms with E-state index in [1.165, 1.54) is 7.05 Å². The van der Waals surface area contributed by atoms with Gasteiger partial charge in [0.2, 0.25) is 0 Å². The molecule has 0 heterocycles. The molecule has 0 aliphatic rings. The summed E-state index contributed by atoms with van der Waals surface area (Å²) in [4.78, 5) is 61.8. The summed E-state index contributed by atoms with van der Waals surface area (Å²) in [5, 5.41) is 2.87. The molecule has 148 valence electrons. The van der Waals surface area contributed by atoms with E-state index in [0.29, 0.717) is 11.3 Å². The van der Waals surface area contributed by atoms with Gasteiger partial charge in [-0.05, 0) is 27.2 Å². The lowest BCUT2D eigenvalue weighted by molar-refractivity contribution is -0.160. The van der Waals surface area contributed by atoms with Gasteiger partial charge in [0.15, 0.2) is 0 Å². The molecule has 26 heavy (non-hydrogen) atoms. The Balaban J connectivity index is 4.63. The van der Waals surface area contributed by atoms with Crippen LogP contribution in [0.5, 0.6) is 0 Å². The number of hydroxylamine groups is 2. The lowest BCUT2D eigenvalue weighted by atomic mass is 10.1. The number of esters is 2. The highest BCUT2D eigenvalue weighted by Gasteiger charge is 2.26. The predicted octanol–water partition coefficient (Wildman–Crippen LogP) is 0.729. The molecule has 0 bridgehead atoms. The molecular weight excluding hydrogens is 348 g/mol. The molecule has 0 aromatic rings. The maximum Gasteiger partial charge on any atom is 0.432 e. The number of rotatable bonds is 8. The summed E-state index contributed by atoms with van der Waals surface area (Å²) >= 11 is 0. The first-order chi connectivity index (χ1) is 12.0. The average molecular weight is 374 g/mol. The maximum absolute atomic E-state index is 11.8. The van der Waals surface area contributed by atoms with Gasteiger partial charge < -0.3 is 24.4 Å². The number of nitrogens with one attached hydrogen (secondary N) is 1.